The molecule has 0 atom stereocenters. The van der Waals surface area contributed by atoms with Crippen LogP contribution >= 0.6 is 0 Å². The number of aromatic carboxylic acids is 1. The van der Waals surface area contributed by atoms with Crippen molar-refractivity contribution in [2.75, 3.05) is 25.6 Å². The van der Waals surface area contributed by atoms with E-state index < -0.39 is 5.97 Å². The van der Waals surface area contributed by atoms with Crippen LogP contribution in [-0.2, 0) is 6.54 Å². The molecular weight excluding hydrogens is 437 g/mol. The van der Waals surface area contributed by atoms with Gasteiger partial charge < -0.3 is 24.5 Å². The van der Waals surface area contributed by atoms with Crippen LogP contribution in [0.4, 0.5) is 10.1 Å². The van der Waals surface area contributed by atoms with Crippen LogP contribution < -0.4 is 14.8 Å². The van der Waals surface area contributed by atoms with Gasteiger partial charge >= 0.3 is 5.97 Å². The molecule has 0 unspecified atom stereocenters. The Bertz CT molecular complexity index is 1350. The monoisotopic (exact) mass is 463 g/mol. The Hall–Kier alpha value is -4.07. The van der Waals surface area contributed by atoms with Gasteiger partial charge in [-0.3, -0.25) is 4.98 Å². The predicted molar refractivity (Wildman–Crippen MR) is 129 cm³/mol. The van der Waals surface area contributed by atoms with Crippen molar-refractivity contribution in [2.24, 2.45) is 0 Å². The average molecular weight is 464 g/mol. The number of fused-ring (bicyclic) bond motifs is 1. The normalized spacial score (nSPS) is 10.9. The third-order valence-electron chi connectivity index (χ3n) is 5.63. The molecule has 0 radical (unpaired) electrons. The van der Waals surface area contributed by atoms with Crippen molar-refractivity contribution in [1.82, 2.24) is 9.55 Å². The Kier molecular flexibility index (Phi) is 6.67. The van der Waals surface area contributed by atoms with Gasteiger partial charge in [0.2, 0.25) is 0 Å². The first-order valence-electron chi connectivity index (χ1n) is 11.0. The van der Waals surface area contributed by atoms with Gasteiger partial charge in [0.1, 0.15) is 22.9 Å². The molecule has 0 spiro atoms. The number of aryl methyl sites for hydroxylation is 1. The third kappa shape index (κ3) is 4.52. The minimum Gasteiger partial charge on any atom is -0.496 e. The van der Waals surface area contributed by atoms with Crippen LogP contribution in [0.3, 0.4) is 0 Å². The Balaban J connectivity index is 1.53. The molecule has 0 fully saturated rings. The van der Waals surface area contributed by atoms with E-state index in [1.54, 1.807) is 38.4 Å². The summed E-state index contributed by atoms with van der Waals surface area (Å²) in [5.74, 6) is -0.379. The lowest BCUT2D eigenvalue weighted by Gasteiger charge is -2.13. The highest BCUT2D eigenvalue weighted by Crippen LogP contribution is 2.31. The Labute approximate surface area is 196 Å². The van der Waals surface area contributed by atoms with Crippen molar-refractivity contribution in [2.45, 2.75) is 20.4 Å². The lowest BCUT2D eigenvalue weighted by molar-refractivity contribution is 0.0692. The number of rotatable bonds is 9. The number of hydrogen-bond donors (Lipinski definition) is 2. The van der Waals surface area contributed by atoms with E-state index in [0.717, 1.165) is 22.3 Å². The highest BCUT2D eigenvalue weighted by molar-refractivity contribution is 5.92. The Morgan fingerprint density at radius 3 is 2.71 bits per heavy atom. The second-order valence-electron chi connectivity index (χ2n) is 7.75. The summed E-state index contributed by atoms with van der Waals surface area (Å²) in [5, 5.41) is 13.5. The molecule has 0 amide bonds. The molecule has 0 saturated carbocycles. The molecular formula is C26H26FN3O4. The summed E-state index contributed by atoms with van der Waals surface area (Å²) in [7, 11) is 1.58. The second-order valence-corrected chi connectivity index (χ2v) is 7.75. The minimum absolute atomic E-state index is 0.109. The number of anilines is 1. The third-order valence-corrected chi connectivity index (χ3v) is 5.63. The van der Waals surface area contributed by atoms with E-state index in [1.165, 1.54) is 12.1 Å². The van der Waals surface area contributed by atoms with E-state index >= 15 is 0 Å². The summed E-state index contributed by atoms with van der Waals surface area (Å²) in [4.78, 5) is 15.9. The van der Waals surface area contributed by atoms with Crippen LogP contribution in [0.1, 0.15) is 23.0 Å². The van der Waals surface area contributed by atoms with E-state index in [9.17, 15) is 14.3 Å². The number of halogens is 1. The number of benzene rings is 2. The number of carboxylic acids is 1. The van der Waals surface area contributed by atoms with Gasteiger partial charge in [0.15, 0.2) is 0 Å². The van der Waals surface area contributed by atoms with Gasteiger partial charge in [-0.2, -0.15) is 0 Å². The van der Waals surface area contributed by atoms with Gasteiger partial charge in [-0.25, -0.2) is 9.18 Å². The largest absolute Gasteiger partial charge is 0.496 e. The topological polar surface area (TPSA) is 85.6 Å². The van der Waals surface area contributed by atoms with E-state index in [4.69, 9.17) is 9.47 Å². The van der Waals surface area contributed by atoms with Crippen molar-refractivity contribution < 1.29 is 23.8 Å². The maximum atomic E-state index is 14.6. The lowest BCUT2D eigenvalue weighted by Crippen LogP contribution is -2.12. The van der Waals surface area contributed by atoms with Gasteiger partial charge in [0.05, 0.1) is 24.9 Å². The van der Waals surface area contributed by atoms with Crippen LogP contribution in [0.5, 0.6) is 11.5 Å². The number of methoxy groups -OCH3 is 1. The molecule has 0 bridgehead atoms. The van der Waals surface area contributed by atoms with Crippen LogP contribution in [0.15, 0.2) is 54.7 Å². The standard InChI is InChI=1S/C26H26FN3O4/c1-4-34-24-14-17(5-6-19(24)26(31)32)22-15-18(9-10-29-22)28-11-12-30-16(2)13-20-23(33-3)8-7-21(27)25(20)30/h5-10,13-15H,4,11-12H2,1-3H3,(H,28,29)(H,31,32). The number of pyridine rings is 1. The first kappa shape index (κ1) is 23.1. The molecule has 7 nitrogen and oxygen atoms in total. The zero-order valence-corrected chi connectivity index (χ0v) is 19.3. The second kappa shape index (κ2) is 9.82. The first-order chi connectivity index (χ1) is 16.4. The van der Waals surface area contributed by atoms with E-state index in [2.05, 4.69) is 10.3 Å². The number of carboxylic acid groups (broad SMARTS) is 1. The smallest absolute Gasteiger partial charge is 0.339 e. The summed E-state index contributed by atoms with van der Waals surface area (Å²) < 4.78 is 27.4. The molecule has 0 aliphatic rings. The minimum atomic E-state index is -1.04. The molecule has 2 N–H and O–H groups in total. The summed E-state index contributed by atoms with van der Waals surface area (Å²) in [6, 6.07) is 13.6. The molecule has 0 saturated heterocycles. The van der Waals surface area contributed by atoms with E-state index in [-0.39, 0.29) is 11.4 Å². The van der Waals surface area contributed by atoms with Gasteiger partial charge in [0.25, 0.3) is 0 Å². The molecule has 176 valence electrons. The number of nitrogens with one attached hydrogen (secondary N) is 1. The first-order valence-corrected chi connectivity index (χ1v) is 11.0. The fraction of sp³-hybridized carbons (Fsp3) is 0.231. The van der Waals surface area contributed by atoms with E-state index in [0.29, 0.717) is 42.4 Å². The highest BCUT2D eigenvalue weighted by atomic mass is 19.1. The maximum absolute atomic E-state index is 14.6. The zero-order chi connectivity index (χ0) is 24.2. The summed E-state index contributed by atoms with van der Waals surface area (Å²) in [5.41, 5.74) is 3.85. The van der Waals surface area contributed by atoms with Gasteiger partial charge in [-0.1, -0.05) is 6.07 Å². The van der Waals surface area contributed by atoms with E-state index in [1.807, 2.05) is 29.7 Å². The number of carbonyl (C=O) groups is 1. The van der Waals surface area contributed by atoms with Crippen molar-refractivity contribution in [3.63, 3.8) is 0 Å². The molecule has 34 heavy (non-hydrogen) atoms. The van der Waals surface area contributed by atoms with Crippen LogP contribution in [-0.4, -0.2) is 40.9 Å². The number of hydrogen-bond acceptors (Lipinski definition) is 5. The highest BCUT2D eigenvalue weighted by Gasteiger charge is 2.15. The fourth-order valence-electron chi connectivity index (χ4n) is 4.05. The zero-order valence-electron chi connectivity index (χ0n) is 19.3. The SMILES string of the molecule is CCOc1cc(-c2cc(NCCn3c(C)cc4c(OC)ccc(F)c43)ccn2)ccc1C(=O)O. The van der Waals surface area contributed by atoms with Crippen molar-refractivity contribution >= 4 is 22.6 Å². The Morgan fingerprint density at radius 2 is 1.97 bits per heavy atom. The molecule has 2 aromatic carbocycles. The van der Waals surface area contributed by atoms with Crippen molar-refractivity contribution in [1.29, 1.82) is 0 Å². The summed E-state index contributed by atoms with van der Waals surface area (Å²) in [6.07, 6.45) is 1.68. The number of nitrogens with zero attached hydrogens (tertiary/aromatic N) is 2. The molecule has 8 heteroatoms. The van der Waals surface area contributed by atoms with Crippen LogP contribution in [0.2, 0.25) is 0 Å². The molecule has 4 rings (SSSR count). The van der Waals surface area contributed by atoms with Gasteiger partial charge in [0, 0.05) is 41.6 Å². The summed E-state index contributed by atoms with van der Waals surface area (Å²) in [6.45, 7) is 5.23. The lowest BCUT2D eigenvalue weighted by atomic mass is 10.1. The average Bonchev–Trinajstić information content (AvgIpc) is 3.16. The Morgan fingerprint density at radius 1 is 1.15 bits per heavy atom. The molecule has 2 aromatic heterocycles. The predicted octanol–water partition coefficient (Wildman–Crippen LogP) is 5.37. The molecule has 4 aromatic rings. The summed E-state index contributed by atoms with van der Waals surface area (Å²) >= 11 is 0. The molecule has 2 heterocycles. The number of aromatic nitrogens is 2. The quantitative estimate of drug-likeness (QED) is 0.347. The van der Waals surface area contributed by atoms with Gasteiger partial charge in [-0.15, -0.1) is 0 Å². The number of ether oxygens (including phenoxy) is 2. The fourth-order valence-corrected chi connectivity index (χ4v) is 4.05. The van der Waals surface area contributed by atoms with Crippen LogP contribution in [0, 0.1) is 12.7 Å². The van der Waals surface area contributed by atoms with Crippen molar-refractivity contribution in [3.05, 3.63) is 71.8 Å². The molecule has 0 aliphatic heterocycles. The molecule has 0 aliphatic carbocycles. The van der Waals surface area contributed by atoms with Gasteiger partial charge in [-0.05, 0) is 56.3 Å². The van der Waals surface area contributed by atoms with Crippen molar-refractivity contribution in [3.8, 4) is 22.8 Å². The van der Waals surface area contributed by atoms with Crippen LogP contribution in [0.25, 0.3) is 22.2 Å². The maximum Gasteiger partial charge on any atom is 0.339 e.